The van der Waals surface area contributed by atoms with Gasteiger partial charge in [-0.2, -0.15) is 0 Å². The van der Waals surface area contributed by atoms with Gasteiger partial charge in [0, 0.05) is 28.8 Å². The molecule has 1 saturated heterocycles. The summed E-state index contributed by atoms with van der Waals surface area (Å²) >= 11 is 12.0. The van der Waals surface area contributed by atoms with Gasteiger partial charge in [0.05, 0.1) is 24.3 Å². The fraction of sp³-hybridized carbons (Fsp3) is 0.333. The Kier molecular flexibility index (Phi) is 7.59. The largest absolute Gasteiger partial charge is 0.465 e. The Morgan fingerprint density at radius 1 is 1.19 bits per heavy atom. The highest BCUT2D eigenvalue weighted by Crippen LogP contribution is 2.27. The first kappa shape index (κ1) is 23.5. The summed E-state index contributed by atoms with van der Waals surface area (Å²) in [5, 5.41) is 3.48. The SMILES string of the molecule is COC(=O)c1cccc(NC(=O)C2CCCN(S(=O)(=O)Cc3ccc(Cl)cc3Cl)C2)c1. The van der Waals surface area contributed by atoms with Gasteiger partial charge < -0.3 is 10.1 Å². The van der Waals surface area contributed by atoms with Crippen LogP contribution in [0.15, 0.2) is 42.5 Å². The first-order chi connectivity index (χ1) is 14.7. The van der Waals surface area contributed by atoms with E-state index in [4.69, 9.17) is 23.2 Å². The molecular formula is C21H22Cl2N2O5S. The first-order valence-corrected chi connectivity index (χ1v) is 12.0. The van der Waals surface area contributed by atoms with Crippen LogP contribution >= 0.6 is 23.2 Å². The molecule has 7 nitrogen and oxygen atoms in total. The summed E-state index contributed by atoms with van der Waals surface area (Å²) in [6.45, 7) is 0.422. The summed E-state index contributed by atoms with van der Waals surface area (Å²) in [6.07, 6.45) is 1.13. The Bertz CT molecular complexity index is 1090. The number of nitrogens with one attached hydrogen (secondary N) is 1. The molecule has 1 N–H and O–H groups in total. The van der Waals surface area contributed by atoms with Crippen LogP contribution in [0.2, 0.25) is 10.0 Å². The van der Waals surface area contributed by atoms with E-state index in [0.717, 1.165) is 0 Å². The van der Waals surface area contributed by atoms with Crippen LogP contribution in [0.3, 0.4) is 0 Å². The lowest BCUT2D eigenvalue weighted by Crippen LogP contribution is -2.44. The molecule has 2 aromatic rings. The molecule has 0 saturated carbocycles. The Balaban J connectivity index is 1.68. The predicted molar refractivity (Wildman–Crippen MR) is 120 cm³/mol. The number of nitrogens with zero attached hydrogens (tertiary/aromatic N) is 1. The highest BCUT2D eigenvalue weighted by molar-refractivity contribution is 7.88. The molecule has 0 aromatic heterocycles. The van der Waals surface area contributed by atoms with Crippen molar-refractivity contribution in [3.8, 4) is 0 Å². The summed E-state index contributed by atoms with van der Waals surface area (Å²) in [4.78, 5) is 24.4. The molecule has 1 atom stereocenters. The van der Waals surface area contributed by atoms with Crippen molar-refractivity contribution >= 4 is 50.8 Å². The second-order valence-electron chi connectivity index (χ2n) is 7.25. The fourth-order valence-electron chi connectivity index (χ4n) is 3.42. The molecule has 0 radical (unpaired) electrons. The highest BCUT2D eigenvalue weighted by Gasteiger charge is 2.32. The van der Waals surface area contributed by atoms with Gasteiger partial charge in [-0.25, -0.2) is 17.5 Å². The van der Waals surface area contributed by atoms with Crippen LogP contribution in [-0.2, 0) is 25.3 Å². The standard InChI is InChI=1S/C21H22Cl2N2O5S/c1-30-21(27)14-4-2-6-18(10-14)24-20(26)15-5-3-9-25(12-15)31(28,29)13-16-7-8-17(22)11-19(16)23/h2,4,6-8,10-11,15H,3,5,9,12-13H2,1H3,(H,24,26). The maximum Gasteiger partial charge on any atom is 0.337 e. The molecule has 0 spiro atoms. The lowest BCUT2D eigenvalue weighted by atomic mass is 9.98. The van der Waals surface area contributed by atoms with E-state index in [-0.39, 0.29) is 23.2 Å². The van der Waals surface area contributed by atoms with Gasteiger partial charge in [-0.1, -0.05) is 35.3 Å². The zero-order valence-corrected chi connectivity index (χ0v) is 19.1. The zero-order chi connectivity index (χ0) is 22.6. The van der Waals surface area contributed by atoms with Gasteiger partial charge in [-0.05, 0) is 48.7 Å². The minimum Gasteiger partial charge on any atom is -0.465 e. The smallest absolute Gasteiger partial charge is 0.337 e. The average Bonchev–Trinajstić information content (AvgIpc) is 2.75. The number of anilines is 1. The van der Waals surface area contributed by atoms with E-state index in [2.05, 4.69) is 10.1 Å². The molecular weight excluding hydrogens is 463 g/mol. The quantitative estimate of drug-likeness (QED) is 0.626. The number of benzene rings is 2. The van der Waals surface area contributed by atoms with Crippen LogP contribution < -0.4 is 5.32 Å². The third-order valence-corrected chi connectivity index (χ3v) is 7.43. The monoisotopic (exact) mass is 484 g/mol. The van der Waals surface area contributed by atoms with E-state index in [1.54, 1.807) is 30.3 Å². The van der Waals surface area contributed by atoms with Crippen LogP contribution in [0.4, 0.5) is 5.69 Å². The molecule has 1 fully saturated rings. The number of hydrogen-bond acceptors (Lipinski definition) is 5. The molecule has 166 valence electrons. The summed E-state index contributed by atoms with van der Waals surface area (Å²) in [5.74, 6) is -1.58. The number of carbonyl (C=O) groups is 2. The molecule has 1 amide bonds. The van der Waals surface area contributed by atoms with Crippen molar-refractivity contribution in [1.29, 1.82) is 0 Å². The molecule has 1 aliphatic rings. The van der Waals surface area contributed by atoms with E-state index < -0.39 is 21.9 Å². The molecule has 2 aromatic carbocycles. The van der Waals surface area contributed by atoms with Gasteiger partial charge in [0.1, 0.15) is 0 Å². The second-order valence-corrected chi connectivity index (χ2v) is 10.1. The summed E-state index contributed by atoms with van der Waals surface area (Å²) in [6, 6.07) is 11.1. The van der Waals surface area contributed by atoms with Crippen LogP contribution in [0, 0.1) is 5.92 Å². The Morgan fingerprint density at radius 2 is 1.97 bits per heavy atom. The van der Waals surface area contributed by atoms with Crippen molar-refractivity contribution in [1.82, 2.24) is 4.31 Å². The van der Waals surface area contributed by atoms with Crippen molar-refractivity contribution in [2.24, 2.45) is 5.92 Å². The van der Waals surface area contributed by atoms with Crippen LogP contribution in [-0.4, -0.2) is 44.8 Å². The Hall–Kier alpha value is -2.13. The number of esters is 1. The third-order valence-electron chi connectivity index (χ3n) is 5.05. The highest BCUT2D eigenvalue weighted by atomic mass is 35.5. The van der Waals surface area contributed by atoms with Gasteiger partial charge in [0.15, 0.2) is 0 Å². The molecule has 31 heavy (non-hydrogen) atoms. The number of piperidine rings is 1. The van der Waals surface area contributed by atoms with Crippen molar-refractivity contribution in [2.45, 2.75) is 18.6 Å². The number of hydrogen-bond donors (Lipinski definition) is 1. The Labute approximate surface area is 191 Å². The minimum atomic E-state index is -3.67. The van der Waals surface area contributed by atoms with Gasteiger partial charge in [0.25, 0.3) is 0 Å². The maximum atomic E-state index is 12.9. The van der Waals surface area contributed by atoms with Gasteiger partial charge in [-0.3, -0.25) is 4.79 Å². The topological polar surface area (TPSA) is 92.8 Å². The molecule has 1 aliphatic heterocycles. The third kappa shape index (κ3) is 5.98. The Morgan fingerprint density at radius 3 is 2.68 bits per heavy atom. The number of rotatable bonds is 6. The van der Waals surface area contributed by atoms with Gasteiger partial charge >= 0.3 is 5.97 Å². The van der Waals surface area contributed by atoms with E-state index in [0.29, 0.717) is 41.2 Å². The average molecular weight is 485 g/mol. The normalized spacial score (nSPS) is 17.2. The zero-order valence-electron chi connectivity index (χ0n) is 16.8. The number of carbonyl (C=O) groups excluding carboxylic acids is 2. The number of ether oxygens (including phenoxy) is 1. The molecule has 1 unspecified atom stereocenters. The molecule has 10 heteroatoms. The van der Waals surface area contributed by atoms with Crippen LogP contribution in [0.25, 0.3) is 0 Å². The van der Waals surface area contributed by atoms with Crippen molar-refractivity contribution in [3.63, 3.8) is 0 Å². The lowest BCUT2D eigenvalue weighted by Gasteiger charge is -2.31. The van der Waals surface area contributed by atoms with E-state index >= 15 is 0 Å². The van der Waals surface area contributed by atoms with Gasteiger partial charge in [-0.15, -0.1) is 0 Å². The number of methoxy groups -OCH3 is 1. The van der Waals surface area contributed by atoms with E-state index in [9.17, 15) is 18.0 Å². The summed E-state index contributed by atoms with van der Waals surface area (Å²) in [7, 11) is -2.39. The summed E-state index contributed by atoms with van der Waals surface area (Å²) in [5.41, 5.74) is 1.21. The van der Waals surface area contributed by atoms with Gasteiger partial charge in [0.2, 0.25) is 15.9 Å². The van der Waals surface area contributed by atoms with Crippen LogP contribution in [0.5, 0.6) is 0 Å². The van der Waals surface area contributed by atoms with Crippen molar-refractivity contribution < 1.29 is 22.7 Å². The molecule has 0 aliphatic carbocycles. The number of halogens is 2. The molecule has 3 rings (SSSR count). The van der Waals surface area contributed by atoms with Crippen molar-refractivity contribution in [2.75, 3.05) is 25.5 Å². The second kappa shape index (κ2) is 9.99. The summed E-state index contributed by atoms with van der Waals surface area (Å²) < 4.78 is 31.9. The van der Waals surface area contributed by atoms with Crippen LogP contribution in [0.1, 0.15) is 28.8 Å². The number of amides is 1. The van der Waals surface area contributed by atoms with E-state index in [1.807, 2.05) is 0 Å². The van der Waals surface area contributed by atoms with Crippen molar-refractivity contribution in [3.05, 3.63) is 63.6 Å². The van der Waals surface area contributed by atoms with E-state index in [1.165, 1.54) is 23.5 Å². The molecule has 1 heterocycles. The first-order valence-electron chi connectivity index (χ1n) is 9.60. The fourth-order valence-corrected chi connectivity index (χ4v) is 5.62. The molecule has 0 bridgehead atoms. The maximum absolute atomic E-state index is 12.9. The minimum absolute atomic E-state index is 0.0794. The lowest BCUT2D eigenvalue weighted by molar-refractivity contribution is -0.120. The number of sulfonamides is 1. The predicted octanol–water partition coefficient (Wildman–Crippen LogP) is 3.96.